The summed E-state index contributed by atoms with van der Waals surface area (Å²) >= 11 is 0. The van der Waals surface area contributed by atoms with Crippen molar-refractivity contribution in [2.75, 3.05) is 19.8 Å². The first-order valence-corrected chi connectivity index (χ1v) is 9.79. The summed E-state index contributed by atoms with van der Waals surface area (Å²) < 4.78 is 0. The van der Waals surface area contributed by atoms with Gasteiger partial charge in [-0.2, -0.15) is 0 Å². The van der Waals surface area contributed by atoms with Gasteiger partial charge in [-0.1, -0.05) is 53.7 Å². The fourth-order valence-corrected chi connectivity index (χ4v) is 7.87. The maximum Gasteiger partial charge on any atom is 0.0869 e. The zero-order chi connectivity index (χ0) is 14.0. The van der Waals surface area contributed by atoms with Gasteiger partial charge in [0.2, 0.25) is 0 Å². The number of benzene rings is 1. The van der Waals surface area contributed by atoms with Crippen LogP contribution in [0.2, 0.25) is 18.1 Å². The van der Waals surface area contributed by atoms with Gasteiger partial charge in [0, 0.05) is 19.8 Å². The van der Waals surface area contributed by atoms with Gasteiger partial charge in [0.05, 0.1) is 8.07 Å². The molecule has 0 heterocycles. The first kappa shape index (κ1) is 16.4. The lowest BCUT2D eigenvalue weighted by Crippen LogP contribution is -2.47. The van der Waals surface area contributed by atoms with Crippen LogP contribution >= 0.6 is 0 Å². The number of hydrogen-bond donors (Lipinski definition) is 3. The first-order chi connectivity index (χ1) is 9.29. The Balaban J connectivity index is 2.94. The highest BCUT2D eigenvalue weighted by Crippen LogP contribution is 2.26. The minimum atomic E-state index is -1.71. The molecule has 0 saturated carbocycles. The summed E-state index contributed by atoms with van der Waals surface area (Å²) in [7, 11) is -1.71. The van der Waals surface area contributed by atoms with E-state index >= 15 is 0 Å². The Morgan fingerprint density at radius 2 is 1.11 bits per heavy atom. The second kappa shape index (κ2) is 9.26. The van der Waals surface area contributed by atoms with E-state index in [0.717, 1.165) is 37.4 Å². The average molecular weight is 282 g/mol. The van der Waals surface area contributed by atoms with Crippen LogP contribution in [0.5, 0.6) is 0 Å². The highest BCUT2D eigenvalue weighted by Gasteiger charge is 2.33. The molecule has 0 amide bonds. The summed E-state index contributed by atoms with van der Waals surface area (Å²) in [5.74, 6) is 0. The number of hydrogen-bond acceptors (Lipinski definition) is 3. The molecule has 1 rings (SSSR count). The van der Waals surface area contributed by atoms with E-state index < -0.39 is 8.07 Å². The molecule has 0 atom stereocenters. The van der Waals surface area contributed by atoms with Crippen LogP contribution in [0, 0.1) is 0 Å². The van der Waals surface area contributed by atoms with Crippen LogP contribution in [0.25, 0.3) is 0 Å². The van der Waals surface area contributed by atoms with Crippen LogP contribution < -0.4 is 5.19 Å². The summed E-state index contributed by atoms with van der Waals surface area (Å²) in [6.45, 7) is 0.666. The smallest absolute Gasteiger partial charge is 0.0869 e. The Morgan fingerprint density at radius 3 is 1.47 bits per heavy atom. The van der Waals surface area contributed by atoms with Gasteiger partial charge in [0.25, 0.3) is 0 Å². The number of aliphatic hydroxyl groups excluding tert-OH is 3. The molecular weight excluding hydrogens is 256 g/mol. The third-order valence-corrected chi connectivity index (χ3v) is 9.32. The van der Waals surface area contributed by atoms with Crippen molar-refractivity contribution in [2.24, 2.45) is 0 Å². The summed E-state index contributed by atoms with van der Waals surface area (Å²) in [4.78, 5) is 0. The SMILES string of the molecule is OCCC[Si](CCCO)(CCCO)c1ccccc1. The lowest BCUT2D eigenvalue weighted by Gasteiger charge is -2.32. The molecule has 19 heavy (non-hydrogen) atoms. The minimum Gasteiger partial charge on any atom is -0.396 e. The molecule has 4 heteroatoms. The molecule has 0 radical (unpaired) electrons. The van der Waals surface area contributed by atoms with Crippen molar-refractivity contribution in [1.82, 2.24) is 0 Å². The van der Waals surface area contributed by atoms with Crippen molar-refractivity contribution in [2.45, 2.75) is 37.4 Å². The van der Waals surface area contributed by atoms with Crippen LogP contribution in [-0.4, -0.2) is 43.2 Å². The maximum absolute atomic E-state index is 9.15. The molecule has 0 unspecified atom stereocenters. The summed E-state index contributed by atoms with van der Waals surface area (Å²) in [5, 5.41) is 28.8. The lowest BCUT2D eigenvalue weighted by atomic mass is 10.4. The minimum absolute atomic E-state index is 0.222. The van der Waals surface area contributed by atoms with E-state index in [2.05, 4.69) is 24.3 Å². The van der Waals surface area contributed by atoms with Gasteiger partial charge in [0.1, 0.15) is 0 Å². The van der Waals surface area contributed by atoms with E-state index in [1.54, 1.807) is 0 Å². The third kappa shape index (κ3) is 5.07. The molecule has 0 aliphatic heterocycles. The molecule has 0 aromatic heterocycles. The third-order valence-electron chi connectivity index (χ3n) is 3.83. The van der Waals surface area contributed by atoms with Gasteiger partial charge in [-0.25, -0.2) is 0 Å². The molecule has 3 N–H and O–H groups in total. The monoisotopic (exact) mass is 282 g/mol. The van der Waals surface area contributed by atoms with Crippen LogP contribution in [0.15, 0.2) is 30.3 Å². The van der Waals surface area contributed by atoms with Crippen LogP contribution in [0.1, 0.15) is 19.3 Å². The van der Waals surface area contributed by atoms with E-state index in [1.807, 2.05) is 6.07 Å². The Morgan fingerprint density at radius 1 is 0.684 bits per heavy atom. The Bertz CT molecular complexity index is 308. The standard InChI is InChI=1S/C15H26O3Si/c16-9-4-12-19(13-5-10-17,14-6-11-18)15-7-2-1-3-8-15/h1-3,7-8,16-18H,4-6,9-14H2. The average Bonchev–Trinajstić information content (AvgIpc) is 2.48. The second-order valence-electron chi connectivity index (χ2n) is 5.13. The number of aliphatic hydroxyl groups is 3. The van der Waals surface area contributed by atoms with Crippen LogP contribution in [0.4, 0.5) is 0 Å². The second-order valence-corrected chi connectivity index (χ2v) is 9.77. The Hall–Kier alpha value is -0.683. The van der Waals surface area contributed by atoms with Crippen LogP contribution in [-0.2, 0) is 0 Å². The zero-order valence-corrected chi connectivity index (χ0v) is 12.6. The molecule has 0 bridgehead atoms. The van der Waals surface area contributed by atoms with Gasteiger partial charge in [0.15, 0.2) is 0 Å². The molecule has 0 saturated heterocycles. The largest absolute Gasteiger partial charge is 0.396 e. The van der Waals surface area contributed by atoms with E-state index in [0.29, 0.717) is 0 Å². The van der Waals surface area contributed by atoms with E-state index in [4.69, 9.17) is 15.3 Å². The van der Waals surface area contributed by atoms with Crippen molar-refractivity contribution >= 4 is 13.3 Å². The van der Waals surface area contributed by atoms with E-state index in [1.165, 1.54) is 5.19 Å². The van der Waals surface area contributed by atoms with Crippen molar-refractivity contribution in [3.05, 3.63) is 30.3 Å². The first-order valence-electron chi connectivity index (χ1n) is 7.17. The molecule has 0 fully saturated rings. The van der Waals surface area contributed by atoms with E-state index in [-0.39, 0.29) is 19.8 Å². The molecule has 0 spiro atoms. The maximum atomic E-state index is 9.15. The molecule has 108 valence electrons. The fraction of sp³-hybridized carbons (Fsp3) is 0.600. The van der Waals surface area contributed by atoms with Crippen molar-refractivity contribution in [3.63, 3.8) is 0 Å². The molecular formula is C15H26O3Si. The highest BCUT2D eigenvalue weighted by molar-refractivity contribution is 6.91. The molecule has 0 aliphatic rings. The van der Waals surface area contributed by atoms with Crippen molar-refractivity contribution < 1.29 is 15.3 Å². The predicted octanol–water partition coefficient (Wildman–Crippen LogP) is 1.49. The lowest BCUT2D eigenvalue weighted by molar-refractivity contribution is 0.289. The van der Waals surface area contributed by atoms with Gasteiger partial charge < -0.3 is 15.3 Å². The number of rotatable bonds is 10. The van der Waals surface area contributed by atoms with Gasteiger partial charge in [-0.15, -0.1) is 0 Å². The van der Waals surface area contributed by atoms with Crippen molar-refractivity contribution in [1.29, 1.82) is 0 Å². The van der Waals surface area contributed by atoms with Crippen LogP contribution in [0.3, 0.4) is 0 Å². The van der Waals surface area contributed by atoms with Gasteiger partial charge in [-0.3, -0.25) is 0 Å². The Labute approximate surface area is 116 Å². The normalized spacial score (nSPS) is 11.7. The quantitative estimate of drug-likeness (QED) is 0.570. The van der Waals surface area contributed by atoms with Gasteiger partial charge in [-0.05, 0) is 19.3 Å². The topological polar surface area (TPSA) is 60.7 Å². The predicted molar refractivity (Wildman–Crippen MR) is 81.4 cm³/mol. The molecule has 1 aromatic rings. The highest BCUT2D eigenvalue weighted by atomic mass is 28.3. The summed E-state index contributed by atoms with van der Waals surface area (Å²) in [5.41, 5.74) is 0. The Kier molecular flexibility index (Phi) is 7.98. The van der Waals surface area contributed by atoms with E-state index in [9.17, 15) is 0 Å². The van der Waals surface area contributed by atoms with Crippen molar-refractivity contribution in [3.8, 4) is 0 Å². The molecule has 0 aliphatic carbocycles. The summed E-state index contributed by atoms with van der Waals surface area (Å²) in [6, 6.07) is 13.6. The fourth-order valence-electron chi connectivity index (χ4n) is 2.85. The summed E-state index contributed by atoms with van der Waals surface area (Å²) in [6.07, 6.45) is 2.45. The molecule has 1 aromatic carbocycles. The van der Waals surface area contributed by atoms with Gasteiger partial charge >= 0.3 is 0 Å². The molecule has 3 nitrogen and oxygen atoms in total. The zero-order valence-electron chi connectivity index (χ0n) is 11.6.